The van der Waals surface area contributed by atoms with Crippen molar-refractivity contribution in [2.24, 2.45) is 11.8 Å². The Balaban J connectivity index is 1.36. The normalized spacial score (nSPS) is 30.0. The lowest BCUT2D eigenvalue weighted by Gasteiger charge is -2.33. The number of pyridine rings is 1. The van der Waals surface area contributed by atoms with Crippen LogP contribution in [0.25, 0.3) is 11.3 Å². The number of nitrogens with two attached hydrogens (primary N) is 1. The van der Waals surface area contributed by atoms with E-state index < -0.39 is 0 Å². The van der Waals surface area contributed by atoms with E-state index in [0.29, 0.717) is 17.8 Å². The molecular formula is C22H31N5O. The second-order valence-corrected chi connectivity index (χ2v) is 9.05. The molecule has 2 saturated carbocycles. The third kappa shape index (κ3) is 3.03. The van der Waals surface area contributed by atoms with Crippen molar-refractivity contribution < 1.29 is 4.74 Å². The van der Waals surface area contributed by atoms with Crippen LogP contribution >= 0.6 is 0 Å². The van der Waals surface area contributed by atoms with Crippen molar-refractivity contribution in [2.45, 2.75) is 51.6 Å². The highest BCUT2D eigenvalue weighted by Crippen LogP contribution is 2.64. The minimum Gasteiger partial charge on any atom is -0.383 e. The number of nitrogens with zero attached hydrogens (tertiary/aromatic N) is 4. The van der Waals surface area contributed by atoms with Crippen molar-refractivity contribution in [1.82, 2.24) is 19.7 Å². The summed E-state index contributed by atoms with van der Waals surface area (Å²) in [5, 5.41) is 4.96. The van der Waals surface area contributed by atoms with Crippen molar-refractivity contribution in [3.05, 3.63) is 29.6 Å². The molecule has 0 radical (unpaired) electrons. The fourth-order valence-electron chi connectivity index (χ4n) is 5.43. The molecule has 2 aromatic heterocycles. The molecule has 2 aromatic rings. The van der Waals surface area contributed by atoms with E-state index in [1.54, 1.807) is 0 Å². The van der Waals surface area contributed by atoms with E-state index in [-0.39, 0.29) is 0 Å². The predicted octanol–water partition coefficient (Wildman–Crippen LogP) is 3.24. The van der Waals surface area contributed by atoms with E-state index in [9.17, 15) is 0 Å². The Morgan fingerprint density at radius 3 is 2.50 bits per heavy atom. The van der Waals surface area contributed by atoms with E-state index >= 15 is 0 Å². The molecule has 150 valence electrons. The van der Waals surface area contributed by atoms with Crippen molar-refractivity contribution in [3.63, 3.8) is 0 Å². The molecule has 4 atom stereocenters. The van der Waals surface area contributed by atoms with Gasteiger partial charge in [-0.1, -0.05) is 0 Å². The summed E-state index contributed by atoms with van der Waals surface area (Å²) in [7, 11) is 0. The largest absolute Gasteiger partial charge is 0.383 e. The number of hydrogen-bond acceptors (Lipinski definition) is 5. The number of anilines is 1. The Kier molecular flexibility index (Phi) is 4.43. The molecule has 2 N–H and O–H groups in total. The SMILES string of the molecule is Cc1cc(-c2cc([C@H]3[C@@H]4C[C@@H](N5CCOCC5)C[C@@H]43)n(C(C)C)n2)cnc1N. The summed E-state index contributed by atoms with van der Waals surface area (Å²) in [5.74, 6) is 2.91. The van der Waals surface area contributed by atoms with Gasteiger partial charge in [-0.05, 0) is 63.1 Å². The first-order chi connectivity index (χ1) is 13.5. The van der Waals surface area contributed by atoms with Gasteiger partial charge in [0.1, 0.15) is 5.82 Å². The van der Waals surface area contributed by atoms with Crippen molar-refractivity contribution in [2.75, 3.05) is 32.0 Å². The quantitative estimate of drug-likeness (QED) is 0.880. The van der Waals surface area contributed by atoms with E-state index in [0.717, 1.165) is 61.0 Å². The zero-order chi connectivity index (χ0) is 19.4. The molecule has 3 aliphatic rings. The van der Waals surface area contributed by atoms with Gasteiger partial charge >= 0.3 is 0 Å². The minimum absolute atomic E-state index is 0.364. The maximum Gasteiger partial charge on any atom is 0.126 e. The van der Waals surface area contributed by atoms with Gasteiger partial charge in [0, 0.05) is 48.5 Å². The van der Waals surface area contributed by atoms with Gasteiger partial charge < -0.3 is 10.5 Å². The van der Waals surface area contributed by atoms with Gasteiger partial charge in [0.25, 0.3) is 0 Å². The summed E-state index contributed by atoms with van der Waals surface area (Å²) >= 11 is 0. The average molecular weight is 382 g/mol. The molecule has 0 aromatic carbocycles. The van der Waals surface area contributed by atoms with Gasteiger partial charge in [0.05, 0.1) is 18.9 Å². The molecule has 0 bridgehead atoms. The number of ether oxygens (including phenoxy) is 1. The van der Waals surface area contributed by atoms with E-state index in [1.807, 2.05) is 13.1 Å². The summed E-state index contributed by atoms with van der Waals surface area (Å²) in [4.78, 5) is 6.98. The topological polar surface area (TPSA) is 69.2 Å². The molecule has 3 fully saturated rings. The Hall–Kier alpha value is -1.92. The number of rotatable bonds is 4. The highest BCUT2D eigenvalue weighted by Gasteiger charge is 2.58. The first-order valence-corrected chi connectivity index (χ1v) is 10.7. The van der Waals surface area contributed by atoms with E-state index in [1.165, 1.54) is 18.5 Å². The fourth-order valence-corrected chi connectivity index (χ4v) is 5.43. The zero-order valence-electron chi connectivity index (χ0n) is 17.1. The number of aromatic nitrogens is 3. The van der Waals surface area contributed by atoms with Gasteiger partial charge in [0.15, 0.2) is 0 Å². The molecular weight excluding hydrogens is 350 g/mol. The van der Waals surface area contributed by atoms with Gasteiger partial charge in [-0.15, -0.1) is 0 Å². The number of fused-ring (bicyclic) bond motifs is 1. The van der Waals surface area contributed by atoms with E-state index in [2.05, 4.69) is 40.5 Å². The van der Waals surface area contributed by atoms with Crippen LogP contribution in [0, 0.1) is 18.8 Å². The average Bonchev–Trinajstić information content (AvgIpc) is 3.06. The Morgan fingerprint density at radius 2 is 1.86 bits per heavy atom. The number of nitrogen functional groups attached to an aromatic ring is 1. The van der Waals surface area contributed by atoms with Gasteiger partial charge in [0.2, 0.25) is 0 Å². The lowest BCUT2D eigenvalue weighted by molar-refractivity contribution is 0.0151. The molecule has 2 aliphatic carbocycles. The van der Waals surface area contributed by atoms with E-state index in [4.69, 9.17) is 15.6 Å². The van der Waals surface area contributed by atoms with Gasteiger partial charge in [-0.2, -0.15) is 5.10 Å². The van der Waals surface area contributed by atoms with Crippen LogP contribution in [-0.4, -0.2) is 52.0 Å². The molecule has 6 heteroatoms. The predicted molar refractivity (Wildman–Crippen MR) is 110 cm³/mol. The van der Waals surface area contributed by atoms with Crippen LogP contribution in [-0.2, 0) is 4.74 Å². The number of morpholine rings is 1. The molecule has 3 heterocycles. The van der Waals surface area contributed by atoms with Crippen molar-refractivity contribution >= 4 is 5.82 Å². The van der Waals surface area contributed by atoms with Crippen LogP contribution < -0.4 is 5.73 Å². The fraction of sp³-hybridized carbons (Fsp3) is 0.636. The molecule has 0 unspecified atom stereocenters. The second-order valence-electron chi connectivity index (χ2n) is 9.05. The van der Waals surface area contributed by atoms with Crippen molar-refractivity contribution in [3.8, 4) is 11.3 Å². The summed E-state index contributed by atoms with van der Waals surface area (Å²) in [6, 6.07) is 5.53. The Labute approximate surface area is 167 Å². The maximum absolute atomic E-state index is 5.90. The molecule has 0 spiro atoms. The Bertz CT molecular complexity index is 858. The third-order valence-corrected chi connectivity index (χ3v) is 6.99. The molecule has 1 aliphatic heterocycles. The Morgan fingerprint density at radius 1 is 1.14 bits per heavy atom. The van der Waals surface area contributed by atoms with Crippen LogP contribution in [0.1, 0.15) is 49.9 Å². The summed E-state index contributed by atoms with van der Waals surface area (Å²) in [6.07, 6.45) is 4.51. The van der Waals surface area contributed by atoms with Crippen molar-refractivity contribution in [1.29, 1.82) is 0 Å². The first-order valence-electron chi connectivity index (χ1n) is 10.7. The van der Waals surface area contributed by atoms with Crippen LogP contribution in [0.4, 0.5) is 5.82 Å². The summed E-state index contributed by atoms with van der Waals surface area (Å²) in [5.41, 5.74) is 10.4. The molecule has 1 saturated heterocycles. The van der Waals surface area contributed by atoms with Gasteiger partial charge in [-0.25, -0.2) is 4.98 Å². The highest BCUT2D eigenvalue weighted by molar-refractivity contribution is 5.62. The van der Waals surface area contributed by atoms with Crippen LogP contribution in [0.2, 0.25) is 0 Å². The minimum atomic E-state index is 0.364. The smallest absolute Gasteiger partial charge is 0.126 e. The molecule has 5 rings (SSSR count). The second kappa shape index (κ2) is 6.85. The molecule has 28 heavy (non-hydrogen) atoms. The van der Waals surface area contributed by atoms with Crippen LogP contribution in [0.3, 0.4) is 0 Å². The zero-order valence-corrected chi connectivity index (χ0v) is 17.1. The highest BCUT2D eigenvalue weighted by atomic mass is 16.5. The molecule has 0 amide bonds. The standard InChI is InChI=1S/C22H31N5O/c1-13(2)27-20(11-19(25-27)15-8-14(3)22(23)24-12-15)21-17-9-16(10-18(17)21)26-4-6-28-7-5-26/h8,11-13,16-18,21H,4-7,9-10H2,1-3H3,(H2,23,24)/t16-,17-,18+,21+. The van der Waals surface area contributed by atoms with Crippen LogP contribution in [0.5, 0.6) is 0 Å². The number of hydrogen-bond donors (Lipinski definition) is 1. The monoisotopic (exact) mass is 381 g/mol. The lowest BCUT2D eigenvalue weighted by Crippen LogP contribution is -2.43. The number of aryl methyl sites for hydroxylation is 1. The summed E-state index contributed by atoms with van der Waals surface area (Å²) < 4.78 is 7.77. The maximum atomic E-state index is 5.90. The van der Waals surface area contributed by atoms with Gasteiger partial charge in [-0.3, -0.25) is 9.58 Å². The molecule has 6 nitrogen and oxygen atoms in total. The third-order valence-electron chi connectivity index (χ3n) is 6.99. The van der Waals surface area contributed by atoms with Crippen LogP contribution in [0.15, 0.2) is 18.3 Å². The first kappa shape index (κ1) is 18.1. The summed E-state index contributed by atoms with van der Waals surface area (Å²) in [6.45, 7) is 10.5. The lowest BCUT2D eigenvalue weighted by atomic mass is 10.0.